The van der Waals surface area contributed by atoms with Crippen molar-refractivity contribution in [3.8, 4) is 0 Å². The molecule has 0 radical (unpaired) electrons. The zero-order valence-electron chi connectivity index (χ0n) is 19.4. The predicted octanol–water partition coefficient (Wildman–Crippen LogP) is -4.36. The van der Waals surface area contributed by atoms with Gasteiger partial charge in [-0.1, -0.05) is 12.1 Å². The molecule has 2 aliphatic rings. The Balaban J connectivity index is 1.59. The molecule has 2 heterocycles. The molecule has 9 N–H and O–H groups in total. The molecule has 15 nitrogen and oxygen atoms in total. The number of rotatable bonds is 10. The van der Waals surface area contributed by atoms with E-state index in [0.717, 1.165) is 0 Å². The summed E-state index contributed by atoms with van der Waals surface area (Å²) in [6.45, 7) is -2.08. The normalized spacial score (nSPS) is 36.2. The molecule has 0 bridgehead atoms. The third kappa shape index (κ3) is 6.98. The molecule has 2 aliphatic heterocycles. The monoisotopic (exact) mass is 533 g/mol. The van der Waals surface area contributed by atoms with Gasteiger partial charge in [0.1, 0.15) is 55.4 Å². The lowest BCUT2D eigenvalue weighted by molar-refractivity contribution is -0.360. The molecule has 1 aromatic rings. The Morgan fingerprint density at radius 2 is 1.41 bits per heavy atom. The number of amides is 1. The van der Waals surface area contributed by atoms with Gasteiger partial charge >= 0.3 is 5.97 Å². The van der Waals surface area contributed by atoms with Gasteiger partial charge < -0.3 is 65.1 Å². The molecule has 37 heavy (non-hydrogen) atoms. The third-order valence-electron chi connectivity index (χ3n) is 5.99. The van der Waals surface area contributed by atoms with Crippen molar-refractivity contribution in [1.29, 1.82) is 0 Å². The van der Waals surface area contributed by atoms with Crippen molar-refractivity contribution in [1.82, 2.24) is 5.32 Å². The minimum Gasteiger partial charge on any atom is -0.480 e. The molecule has 2 saturated heterocycles. The van der Waals surface area contributed by atoms with Gasteiger partial charge in [0.05, 0.1) is 19.8 Å². The standard InChI is InChI=1S/C22H31NO14/c24-6-11-14(28)15(29)17(31)22(35-11)37-19-12(7-25)36-21(18(32)16(19)30)34-8-9-1-3-10(4-2-9)20(33)23-5-13(26)27/h1-4,11-12,14-19,21-22,24-25,28-32H,5-8H2,(H,23,33)(H,26,27)/t11-,12-,14+,15+,16-,17-,18-,19+,21-,22+/m1/s1. The van der Waals surface area contributed by atoms with E-state index in [1.807, 2.05) is 0 Å². The average Bonchev–Trinajstić information content (AvgIpc) is 2.89. The van der Waals surface area contributed by atoms with Crippen LogP contribution in [-0.2, 0) is 30.3 Å². The average molecular weight is 533 g/mol. The molecular formula is C22H31NO14. The number of aliphatic hydroxyl groups is 7. The molecule has 2 fully saturated rings. The van der Waals surface area contributed by atoms with Crippen molar-refractivity contribution < 1.29 is 69.4 Å². The van der Waals surface area contributed by atoms with Gasteiger partial charge in [0.25, 0.3) is 5.91 Å². The molecule has 0 unspecified atom stereocenters. The van der Waals surface area contributed by atoms with E-state index >= 15 is 0 Å². The van der Waals surface area contributed by atoms with E-state index in [4.69, 9.17) is 24.1 Å². The number of benzene rings is 1. The second kappa shape index (κ2) is 13.0. The molecular weight excluding hydrogens is 502 g/mol. The van der Waals surface area contributed by atoms with Crippen LogP contribution in [-0.4, -0.2) is 134 Å². The van der Waals surface area contributed by atoms with Crippen molar-refractivity contribution in [3.05, 3.63) is 35.4 Å². The smallest absolute Gasteiger partial charge is 0.322 e. The molecule has 0 aromatic heterocycles. The Morgan fingerprint density at radius 3 is 2.00 bits per heavy atom. The maximum absolute atomic E-state index is 11.9. The molecule has 1 aromatic carbocycles. The van der Waals surface area contributed by atoms with Crippen molar-refractivity contribution in [3.63, 3.8) is 0 Å². The highest BCUT2D eigenvalue weighted by Gasteiger charge is 2.50. The van der Waals surface area contributed by atoms with Crippen LogP contribution >= 0.6 is 0 Å². The van der Waals surface area contributed by atoms with Crippen LogP contribution in [0.1, 0.15) is 15.9 Å². The van der Waals surface area contributed by atoms with Crippen molar-refractivity contribution in [2.75, 3.05) is 19.8 Å². The third-order valence-corrected chi connectivity index (χ3v) is 5.99. The molecule has 10 atom stereocenters. The van der Waals surface area contributed by atoms with Crippen LogP contribution in [0.2, 0.25) is 0 Å². The van der Waals surface area contributed by atoms with Gasteiger partial charge in [0.2, 0.25) is 0 Å². The second-order valence-corrected chi connectivity index (χ2v) is 8.59. The molecule has 0 spiro atoms. The SMILES string of the molecule is O=C(O)CNC(=O)c1ccc(CO[C@@H]2O[C@H](CO)[C@H](O[C@@H]3O[C@H](CO)[C@H](O)[C@H](O)[C@H]3O)[C@H](O)[C@H]2O)cc1. The maximum Gasteiger partial charge on any atom is 0.322 e. The summed E-state index contributed by atoms with van der Waals surface area (Å²) in [6.07, 6.45) is -15.6. The Morgan fingerprint density at radius 1 is 0.811 bits per heavy atom. The van der Waals surface area contributed by atoms with Crippen LogP contribution in [0, 0.1) is 0 Å². The summed E-state index contributed by atoms with van der Waals surface area (Å²) in [5.41, 5.74) is 0.753. The lowest BCUT2D eigenvalue weighted by Crippen LogP contribution is -2.64. The molecule has 3 rings (SSSR count). The topological polar surface area (TPSA) is 245 Å². The van der Waals surface area contributed by atoms with Crippen LogP contribution in [0.15, 0.2) is 24.3 Å². The van der Waals surface area contributed by atoms with E-state index in [1.54, 1.807) is 0 Å². The Bertz CT molecular complexity index is 896. The number of carboxylic acids is 1. The zero-order chi connectivity index (χ0) is 27.3. The number of hydrogen-bond acceptors (Lipinski definition) is 13. The number of aliphatic hydroxyl groups excluding tert-OH is 7. The molecule has 208 valence electrons. The fourth-order valence-corrected chi connectivity index (χ4v) is 3.88. The first-order valence-electron chi connectivity index (χ1n) is 11.4. The number of carboxylic acid groups (broad SMARTS) is 1. The van der Waals surface area contributed by atoms with Gasteiger partial charge in [-0.15, -0.1) is 0 Å². The van der Waals surface area contributed by atoms with Crippen molar-refractivity contribution in [2.24, 2.45) is 0 Å². The van der Waals surface area contributed by atoms with E-state index in [9.17, 15) is 45.3 Å². The second-order valence-electron chi connectivity index (χ2n) is 8.59. The Kier molecular flexibility index (Phi) is 10.3. The summed E-state index contributed by atoms with van der Waals surface area (Å²) in [4.78, 5) is 22.4. The fourth-order valence-electron chi connectivity index (χ4n) is 3.88. The van der Waals surface area contributed by atoms with Gasteiger partial charge in [-0.05, 0) is 17.7 Å². The van der Waals surface area contributed by atoms with Gasteiger partial charge in [0.15, 0.2) is 12.6 Å². The van der Waals surface area contributed by atoms with Crippen LogP contribution in [0.25, 0.3) is 0 Å². The first-order valence-corrected chi connectivity index (χ1v) is 11.4. The Labute approximate surface area is 210 Å². The minimum absolute atomic E-state index is 0.137. The molecule has 1 amide bonds. The van der Waals surface area contributed by atoms with E-state index in [1.165, 1.54) is 24.3 Å². The summed E-state index contributed by atoms with van der Waals surface area (Å²) in [5, 5.41) is 81.0. The van der Waals surface area contributed by atoms with Gasteiger partial charge in [-0.25, -0.2) is 0 Å². The minimum atomic E-state index is -1.77. The maximum atomic E-state index is 11.9. The number of nitrogens with one attached hydrogen (secondary N) is 1. The highest BCUT2D eigenvalue weighted by molar-refractivity contribution is 5.95. The van der Waals surface area contributed by atoms with Gasteiger partial charge in [0, 0.05) is 5.56 Å². The van der Waals surface area contributed by atoms with Crippen LogP contribution < -0.4 is 5.32 Å². The van der Waals surface area contributed by atoms with Crippen molar-refractivity contribution in [2.45, 2.75) is 68.0 Å². The fraction of sp³-hybridized carbons (Fsp3) is 0.636. The number of ether oxygens (including phenoxy) is 4. The molecule has 0 aliphatic carbocycles. The van der Waals surface area contributed by atoms with Gasteiger partial charge in [-0.2, -0.15) is 0 Å². The Hall–Kier alpha value is -2.28. The summed E-state index contributed by atoms with van der Waals surface area (Å²) >= 11 is 0. The van der Waals surface area contributed by atoms with E-state index in [0.29, 0.717) is 5.56 Å². The first-order chi connectivity index (χ1) is 17.6. The van der Waals surface area contributed by atoms with E-state index in [-0.39, 0.29) is 12.2 Å². The first kappa shape index (κ1) is 29.3. The van der Waals surface area contributed by atoms with E-state index < -0.39 is 93.0 Å². The molecule has 15 heteroatoms. The van der Waals surface area contributed by atoms with E-state index in [2.05, 4.69) is 5.32 Å². The lowest BCUT2D eigenvalue weighted by atomic mass is 9.97. The summed E-state index contributed by atoms with van der Waals surface area (Å²) < 4.78 is 21.8. The molecule has 0 saturated carbocycles. The quantitative estimate of drug-likeness (QED) is 0.138. The number of hydrogen-bond donors (Lipinski definition) is 9. The highest BCUT2D eigenvalue weighted by atomic mass is 16.7. The summed E-state index contributed by atoms with van der Waals surface area (Å²) in [5.74, 6) is -1.77. The van der Waals surface area contributed by atoms with Crippen LogP contribution in [0.5, 0.6) is 0 Å². The number of aliphatic carboxylic acids is 1. The summed E-state index contributed by atoms with van der Waals surface area (Å²) in [7, 11) is 0. The number of carbonyl (C=O) groups excluding carboxylic acids is 1. The highest BCUT2D eigenvalue weighted by Crippen LogP contribution is 2.29. The van der Waals surface area contributed by atoms with Crippen LogP contribution in [0.3, 0.4) is 0 Å². The zero-order valence-corrected chi connectivity index (χ0v) is 19.4. The van der Waals surface area contributed by atoms with Crippen molar-refractivity contribution >= 4 is 11.9 Å². The van der Waals surface area contributed by atoms with Gasteiger partial charge in [-0.3, -0.25) is 9.59 Å². The van der Waals surface area contributed by atoms with Crippen LogP contribution in [0.4, 0.5) is 0 Å². The number of carbonyl (C=O) groups is 2. The lowest BCUT2D eigenvalue weighted by Gasteiger charge is -2.45. The summed E-state index contributed by atoms with van der Waals surface area (Å²) in [6, 6.07) is 5.92. The predicted molar refractivity (Wildman–Crippen MR) is 118 cm³/mol. The largest absolute Gasteiger partial charge is 0.480 e.